The highest BCUT2D eigenvalue weighted by molar-refractivity contribution is 5.45. The predicted octanol–water partition coefficient (Wildman–Crippen LogP) is 2.32. The lowest BCUT2D eigenvalue weighted by Crippen LogP contribution is -2.00. The molecule has 3 heteroatoms. The smallest absolute Gasteiger partial charge is 0.119 e. The van der Waals surface area contributed by atoms with Crippen molar-refractivity contribution in [3.63, 3.8) is 0 Å². The SMILES string of the molecule is COc1ccc(C#CCN)c(COCCC2CC2)c1. The van der Waals surface area contributed by atoms with Crippen molar-refractivity contribution in [3.05, 3.63) is 29.3 Å². The van der Waals surface area contributed by atoms with E-state index in [1.807, 2.05) is 18.2 Å². The maximum atomic E-state index is 5.74. The normalized spacial score (nSPS) is 13.8. The van der Waals surface area contributed by atoms with Crippen molar-refractivity contribution in [3.8, 4) is 17.6 Å². The molecule has 2 N–H and O–H groups in total. The van der Waals surface area contributed by atoms with E-state index in [0.29, 0.717) is 13.2 Å². The van der Waals surface area contributed by atoms with Crippen LogP contribution in [-0.2, 0) is 11.3 Å². The van der Waals surface area contributed by atoms with Crippen molar-refractivity contribution in [1.82, 2.24) is 0 Å². The first-order valence-corrected chi connectivity index (χ1v) is 6.77. The molecule has 1 aliphatic carbocycles. The molecule has 2 rings (SSSR count). The van der Waals surface area contributed by atoms with Crippen molar-refractivity contribution in [2.45, 2.75) is 25.9 Å². The molecule has 0 atom stereocenters. The Bertz CT molecular complexity index is 469. The van der Waals surface area contributed by atoms with Crippen LogP contribution in [0.1, 0.15) is 30.4 Å². The van der Waals surface area contributed by atoms with Crippen LogP contribution in [0.5, 0.6) is 5.75 Å². The second-order valence-corrected chi connectivity index (χ2v) is 4.81. The summed E-state index contributed by atoms with van der Waals surface area (Å²) in [6.07, 6.45) is 3.92. The monoisotopic (exact) mass is 259 g/mol. The first-order valence-electron chi connectivity index (χ1n) is 6.77. The largest absolute Gasteiger partial charge is 0.497 e. The van der Waals surface area contributed by atoms with E-state index in [1.165, 1.54) is 19.3 Å². The summed E-state index contributed by atoms with van der Waals surface area (Å²) in [6, 6.07) is 5.85. The summed E-state index contributed by atoms with van der Waals surface area (Å²) in [5.74, 6) is 7.70. The average Bonchev–Trinajstić information content (AvgIpc) is 3.26. The Morgan fingerprint density at radius 2 is 2.21 bits per heavy atom. The molecule has 1 fully saturated rings. The molecule has 0 aromatic heterocycles. The average molecular weight is 259 g/mol. The molecule has 3 nitrogen and oxygen atoms in total. The van der Waals surface area contributed by atoms with Crippen LogP contribution in [0, 0.1) is 17.8 Å². The summed E-state index contributed by atoms with van der Waals surface area (Å²) >= 11 is 0. The first-order chi connectivity index (χ1) is 9.33. The van der Waals surface area contributed by atoms with E-state index >= 15 is 0 Å². The van der Waals surface area contributed by atoms with Gasteiger partial charge in [-0.3, -0.25) is 0 Å². The second kappa shape index (κ2) is 7.18. The van der Waals surface area contributed by atoms with E-state index in [-0.39, 0.29) is 0 Å². The summed E-state index contributed by atoms with van der Waals surface area (Å²) in [6.45, 7) is 1.78. The molecule has 1 aromatic carbocycles. The van der Waals surface area contributed by atoms with Crippen molar-refractivity contribution in [1.29, 1.82) is 0 Å². The maximum absolute atomic E-state index is 5.74. The summed E-state index contributed by atoms with van der Waals surface area (Å²) < 4.78 is 11.0. The Kier molecular flexibility index (Phi) is 5.26. The maximum Gasteiger partial charge on any atom is 0.119 e. The Labute approximate surface area is 115 Å². The van der Waals surface area contributed by atoms with Gasteiger partial charge in [-0.25, -0.2) is 0 Å². The number of hydrogen-bond acceptors (Lipinski definition) is 3. The molecule has 0 unspecified atom stereocenters. The van der Waals surface area contributed by atoms with Gasteiger partial charge in [0, 0.05) is 12.2 Å². The lowest BCUT2D eigenvalue weighted by molar-refractivity contribution is 0.115. The van der Waals surface area contributed by atoms with Gasteiger partial charge in [-0.15, -0.1) is 0 Å². The minimum Gasteiger partial charge on any atom is -0.497 e. The molecule has 0 radical (unpaired) electrons. The van der Waals surface area contributed by atoms with E-state index in [9.17, 15) is 0 Å². The van der Waals surface area contributed by atoms with E-state index in [1.54, 1.807) is 7.11 Å². The third-order valence-electron chi connectivity index (χ3n) is 3.26. The Morgan fingerprint density at radius 1 is 1.37 bits per heavy atom. The van der Waals surface area contributed by atoms with Crippen LogP contribution in [0.4, 0.5) is 0 Å². The van der Waals surface area contributed by atoms with Crippen molar-refractivity contribution in [2.75, 3.05) is 20.3 Å². The van der Waals surface area contributed by atoms with E-state index < -0.39 is 0 Å². The number of methoxy groups -OCH3 is 1. The number of hydrogen-bond donors (Lipinski definition) is 1. The Morgan fingerprint density at radius 3 is 2.89 bits per heavy atom. The quantitative estimate of drug-likeness (QED) is 0.630. The Hall–Kier alpha value is -1.50. The van der Waals surface area contributed by atoms with Crippen LogP contribution in [-0.4, -0.2) is 20.3 Å². The van der Waals surface area contributed by atoms with Gasteiger partial charge in [0.2, 0.25) is 0 Å². The van der Waals surface area contributed by atoms with Crippen LogP contribution in [0.25, 0.3) is 0 Å². The van der Waals surface area contributed by atoms with Gasteiger partial charge in [0.05, 0.1) is 20.3 Å². The molecule has 0 saturated heterocycles. The van der Waals surface area contributed by atoms with Crippen LogP contribution in [0.2, 0.25) is 0 Å². The minimum atomic E-state index is 0.369. The second-order valence-electron chi connectivity index (χ2n) is 4.81. The van der Waals surface area contributed by atoms with Gasteiger partial charge in [-0.05, 0) is 36.1 Å². The summed E-state index contributed by atoms with van der Waals surface area (Å²) in [4.78, 5) is 0. The van der Waals surface area contributed by atoms with Gasteiger partial charge in [-0.2, -0.15) is 0 Å². The third kappa shape index (κ3) is 4.59. The summed E-state index contributed by atoms with van der Waals surface area (Å²) in [7, 11) is 1.66. The fourth-order valence-electron chi connectivity index (χ4n) is 1.92. The fraction of sp³-hybridized carbons (Fsp3) is 0.500. The standard InChI is InChI=1S/C16H21NO2/c1-18-16-7-6-14(3-2-9-17)15(11-16)12-19-10-8-13-4-5-13/h6-7,11,13H,4-5,8-10,12,17H2,1H3. The van der Waals surface area contributed by atoms with Crippen LogP contribution in [0.3, 0.4) is 0 Å². The van der Waals surface area contributed by atoms with Gasteiger partial charge in [0.25, 0.3) is 0 Å². The fourth-order valence-corrected chi connectivity index (χ4v) is 1.92. The highest BCUT2D eigenvalue weighted by atomic mass is 16.5. The van der Waals surface area contributed by atoms with Crippen LogP contribution < -0.4 is 10.5 Å². The molecule has 0 heterocycles. The molecule has 1 saturated carbocycles. The molecular formula is C16H21NO2. The zero-order valence-corrected chi connectivity index (χ0v) is 11.4. The van der Waals surface area contributed by atoms with Gasteiger partial charge in [0.1, 0.15) is 5.75 Å². The van der Waals surface area contributed by atoms with Crippen LogP contribution in [0.15, 0.2) is 18.2 Å². The molecule has 0 spiro atoms. The van der Waals surface area contributed by atoms with Gasteiger partial charge in [-0.1, -0.05) is 24.7 Å². The zero-order valence-electron chi connectivity index (χ0n) is 11.4. The molecule has 102 valence electrons. The molecule has 0 aliphatic heterocycles. The predicted molar refractivity (Wildman–Crippen MR) is 75.9 cm³/mol. The molecule has 1 aliphatic rings. The van der Waals surface area contributed by atoms with Crippen molar-refractivity contribution < 1.29 is 9.47 Å². The highest BCUT2D eigenvalue weighted by Crippen LogP contribution is 2.32. The lowest BCUT2D eigenvalue weighted by Gasteiger charge is -2.08. The molecular weight excluding hydrogens is 238 g/mol. The van der Waals surface area contributed by atoms with Gasteiger partial charge in [0.15, 0.2) is 0 Å². The number of rotatable bonds is 6. The van der Waals surface area contributed by atoms with Crippen molar-refractivity contribution in [2.24, 2.45) is 11.7 Å². The molecule has 0 amide bonds. The first kappa shape index (κ1) is 13.9. The number of nitrogens with two attached hydrogens (primary N) is 1. The topological polar surface area (TPSA) is 44.5 Å². The third-order valence-corrected chi connectivity index (χ3v) is 3.26. The molecule has 1 aromatic rings. The highest BCUT2D eigenvalue weighted by Gasteiger charge is 2.20. The van der Waals surface area contributed by atoms with E-state index in [4.69, 9.17) is 15.2 Å². The molecule has 19 heavy (non-hydrogen) atoms. The number of ether oxygens (including phenoxy) is 2. The minimum absolute atomic E-state index is 0.369. The van der Waals surface area contributed by atoms with E-state index in [0.717, 1.165) is 29.4 Å². The van der Waals surface area contributed by atoms with E-state index in [2.05, 4.69) is 11.8 Å². The van der Waals surface area contributed by atoms with Gasteiger partial charge < -0.3 is 15.2 Å². The number of benzene rings is 1. The van der Waals surface area contributed by atoms with Crippen molar-refractivity contribution >= 4 is 0 Å². The van der Waals surface area contributed by atoms with Crippen LogP contribution >= 0.6 is 0 Å². The Balaban J connectivity index is 1.96. The summed E-state index contributed by atoms with van der Waals surface area (Å²) in [5.41, 5.74) is 7.45. The summed E-state index contributed by atoms with van der Waals surface area (Å²) in [5, 5.41) is 0. The lowest BCUT2D eigenvalue weighted by atomic mass is 10.1. The van der Waals surface area contributed by atoms with Gasteiger partial charge >= 0.3 is 0 Å². The zero-order chi connectivity index (χ0) is 13.5. The molecule has 0 bridgehead atoms.